The largest absolute Gasteiger partial charge is 0.381 e. The standard InChI is InChI=1S/C14H25NO2/c1-13(3-4-13)11-15-12-2-7-17-14(10-12)5-8-16-9-6-14/h12,15H,2-11H2,1H3. The van der Waals surface area contributed by atoms with Crippen LogP contribution in [0.4, 0.5) is 0 Å². The summed E-state index contributed by atoms with van der Waals surface area (Å²) in [5.41, 5.74) is 0.750. The van der Waals surface area contributed by atoms with E-state index in [1.54, 1.807) is 0 Å². The second kappa shape index (κ2) is 4.52. The quantitative estimate of drug-likeness (QED) is 0.818. The minimum Gasteiger partial charge on any atom is -0.381 e. The Kier molecular flexibility index (Phi) is 3.18. The Hall–Kier alpha value is -0.120. The first-order valence-electron chi connectivity index (χ1n) is 7.15. The molecule has 3 nitrogen and oxygen atoms in total. The van der Waals surface area contributed by atoms with Gasteiger partial charge in [-0.05, 0) is 43.9 Å². The van der Waals surface area contributed by atoms with Crippen LogP contribution in [0.25, 0.3) is 0 Å². The molecule has 0 radical (unpaired) electrons. The number of hydrogen-bond donors (Lipinski definition) is 1. The minimum absolute atomic E-state index is 0.138. The van der Waals surface area contributed by atoms with Crippen LogP contribution in [0, 0.1) is 5.41 Å². The zero-order valence-electron chi connectivity index (χ0n) is 11.0. The van der Waals surface area contributed by atoms with Crippen molar-refractivity contribution in [2.45, 2.75) is 57.1 Å². The van der Waals surface area contributed by atoms with E-state index in [9.17, 15) is 0 Å². The van der Waals surface area contributed by atoms with Gasteiger partial charge in [-0.25, -0.2) is 0 Å². The molecule has 1 spiro atoms. The lowest BCUT2D eigenvalue weighted by molar-refractivity contribution is -0.140. The average Bonchev–Trinajstić information content (AvgIpc) is 3.07. The second-order valence-electron chi connectivity index (χ2n) is 6.53. The average molecular weight is 239 g/mol. The molecule has 17 heavy (non-hydrogen) atoms. The molecule has 1 atom stereocenters. The van der Waals surface area contributed by atoms with Crippen LogP contribution < -0.4 is 5.32 Å². The van der Waals surface area contributed by atoms with E-state index in [0.29, 0.717) is 11.5 Å². The summed E-state index contributed by atoms with van der Waals surface area (Å²) in [5.74, 6) is 0. The monoisotopic (exact) mass is 239 g/mol. The van der Waals surface area contributed by atoms with Crippen molar-refractivity contribution < 1.29 is 9.47 Å². The van der Waals surface area contributed by atoms with Crippen molar-refractivity contribution in [3.8, 4) is 0 Å². The summed E-state index contributed by atoms with van der Waals surface area (Å²) in [6.45, 7) is 6.27. The van der Waals surface area contributed by atoms with Gasteiger partial charge in [0.25, 0.3) is 0 Å². The molecule has 98 valence electrons. The number of hydrogen-bond acceptors (Lipinski definition) is 3. The predicted molar refractivity (Wildman–Crippen MR) is 67.1 cm³/mol. The van der Waals surface area contributed by atoms with Gasteiger partial charge in [0.1, 0.15) is 0 Å². The third-order valence-electron chi connectivity index (χ3n) is 4.82. The Morgan fingerprint density at radius 2 is 1.88 bits per heavy atom. The van der Waals surface area contributed by atoms with Crippen molar-refractivity contribution in [1.82, 2.24) is 5.32 Å². The molecule has 1 aliphatic carbocycles. The van der Waals surface area contributed by atoms with Gasteiger partial charge in [-0.1, -0.05) is 6.92 Å². The lowest BCUT2D eigenvalue weighted by Gasteiger charge is -2.43. The molecule has 3 fully saturated rings. The van der Waals surface area contributed by atoms with Gasteiger partial charge >= 0.3 is 0 Å². The Bertz CT molecular complexity index is 264. The van der Waals surface area contributed by atoms with Crippen molar-refractivity contribution in [3.05, 3.63) is 0 Å². The Labute approximate surface area is 104 Å². The molecule has 2 heterocycles. The van der Waals surface area contributed by atoms with E-state index in [2.05, 4.69) is 12.2 Å². The third kappa shape index (κ3) is 2.83. The summed E-state index contributed by atoms with van der Waals surface area (Å²) >= 11 is 0. The first kappa shape index (κ1) is 11.9. The summed E-state index contributed by atoms with van der Waals surface area (Å²) in [6, 6.07) is 0.666. The Morgan fingerprint density at radius 1 is 1.12 bits per heavy atom. The highest BCUT2D eigenvalue weighted by molar-refractivity contribution is 4.95. The van der Waals surface area contributed by atoms with Gasteiger partial charge in [0.2, 0.25) is 0 Å². The molecule has 0 aromatic carbocycles. The van der Waals surface area contributed by atoms with Gasteiger partial charge in [-0.15, -0.1) is 0 Å². The fourth-order valence-corrected chi connectivity index (χ4v) is 3.07. The van der Waals surface area contributed by atoms with E-state index in [0.717, 1.165) is 32.7 Å². The van der Waals surface area contributed by atoms with Crippen LogP contribution in [0.5, 0.6) is 0 Å². The van der Waals surface area contributed by atoms with Crippen LogP contribution in [0.3, 0.4) is 0 Å². The second-order valence-corrected chi connectivity index (χ2v) is 6.53. The maximum atomic E-state index is 6.06. The normalized spacial score (nSPS) is 34.8. The van der Waals surface area contributed by atoms with Crippen molar-refractivity contribution >= 4 is 0 Å². The van der Waals surface area contributed by atoms with Crippen molar-refractivity contribution in [2.24, 2.45) is 5.41 Å². The van der Waals surface area contributed by atoms with Crippen LogP contribution in [0.1, 0.15) is 45.4 Å². The van der Waals surface area contributed by atoms with Crippen LogP contribution in [-0.4, -0.2) is 38.0 Å². The zero-order valence-corrected chi connectivity index (χ0v) is 11.0. The van der Waals surface area contributed by atoms with Gasteiger partial charge in [0, 0.05) is 32.4 Å². The minimum atomic E-state index is 0.138. The van der Waals surface area contributed by atoms with Gasteiger partial charge in [0.05, 0.1) is 5.60 Å². The molecule has 2 aliphatic heterocycles. The van der Waals surface area contributed by atoms with E-state index in [-0.39, 0.29) is 5.60 Å². The first-order valence-corrected chi connectivity index (χ1v) is 7.15. The van der Waals surface area contributed by atoms with Crippen LogP contribution in [0.15, 0.2) is 0 Å². The van der Waals surface area contributed by atoms with Gasteiger partial charge in [0.15, 0.2) is 0 Å². The summed E-state index contributed by atoms with van der Waals surface area (Å²) in [6.07, 6.45) is 7.35. The van der Waals surface area contributed by atoms with Crippen LogP contribution in [0.2, 0.25) is 0 Å². The molecule has 0 aromatic heterocycles. The summed E-state index contributed by atoms with van der Waals surface area (Å²) < 4.78 is 11.5. The third-order valence-corrected chi connectivity index (χ3v) is 4.82. The highest BCUT2D eigenvalue weighted by atomic mass is 16.5. The molecule has 1 unspecified atom stereocenters. The molecule has 3 heteroatoms. The molecule has 1 N–H and O–H groups in total. The smallest absolute Gasteiger partial charge is 0.0741 e. The van der Waals surface area contributed by atoms with Gasteiger partial charge in [-0.3, -0.25) is 0 Å². The molecule has 3 rings (SSSR count). The highest BCUT2D eigenvalue weighted by Crippen LogP contribution is 2.44. The molecule has 0 aromatic rings. The highest BCUT2D eigenvalue weighted by Gasteiger charge is 2.41. The summed E-state index contributed by atoms with van der Waals surface area (Å²) in [5, 5.41) is 3.77. The lowest BCUT2D eigenvalue weighted by atomic mass is 9.84. The fraction of sp³-hybridized carbons (Fsp3) is 1.00. The van der Waals surface area contributed by atoms with E-state index < -0.39 is 0 Å². The Morgan fingerprint density at radius 3 is 2.59 bits per heavy atom. The molecular weight excluding hydrogens is 214 g/mol. The summed E-state index contributed by atoms with van der Waals surface area (Å²) in [4.78, 5) is 0. The maximum Gasteiger partial charge on any atom is 0.0741 e. The predicted octanol–water partition coefficient (Wildman–Crippen LogP) is 2.10. The molecule has 0 amide bonds. The lowest BCUT2D eigenvalue weighted by Crippen LogP contribution is -2.50. The number of nitrogens with one attached hydrogen (secondary N) is 1. The molecule has 1 saturated carbocycles. The van der Waals surface area contributed by atoms with Crippen molar-refractivity contribution in [1.29, 1.82) is 0 Å². The molecule has 3 aliphatic rings. The zero-order chi connectivity index (χ0) is 11.8. The topological polar surface area (TPSA) is 30.5 Å². The van der Waals surface area contributed by atoms with E-state index in [1.165, 1.54) is 32.2 Å². The summed E-state index contributed by atoms with van der Waals surface area (Å²) in [7, 11) is 0. The van der Waals surface area contributed by atoms with E-state index >= 15 is 0 Å². The number of ether oxygens (including phenoxy) is 2. The fourth-order valence-electron chi connectivity index (χ4n) is 3.07. The van der Waals surface area contributed by atoms with Crippen LogP contribution in [-0.2, 0) is 9.47 Å². The maximum absolute atomic E-state index is 6.06. The van der Waals surface area contributed by atoms with Crippen LogP contribution >= 0.6 is 0 Å². The molecule has 2 saturated heterocycles. The molecule has 0 bridgehead atoms. The number of rotatable bonds is 3. The first-order chi connectivity index (χ1) is 8.20. The van der Waals surface area contributed by atoms with E-state index in [4.69, 9.17) is 9.47 Å². The van der Waals surface area contributed by atoms with Crippen molar-refractivity contribution in [3.63, 3.8) is 0 Å². The van der Waals surface area contributed by atoms with E-state index in [1.807, 2.05) is 0 Å². The van der Waals surface area contributed by atoms with Gasteiger partial charge in [-0.2, -0.15) is 0 Å². The SMILES string of the molecule is CC1(CNC2CCOC3(CCOCC3)C2)CC1. The molecular formula is C14H25NO2. The van der Waals surface area contributed by atoms with Crippen molar-refractivity contribution in [2.75, 3.05) is 26.4 Å². The Balaban J connectivity index is 1.51. The van der Waals surface area contributed by atoms with Gasteiger partial charge < -0.3 is 14.8 Å².